The summed E-state index contributed by atoms with van der Waals surface area (Å²) in [6.45, 7) is 1.85. The highest BCUT2D eigenvalue weighted by molar-refractivity contribution is 6.15. The average Bonchev–Trinajstić information content (AvgIpc) is 3.49. The van der Waals surface area contributed by atoms with Gasteiger partial charge in [-0.3, -0.25) is 10.2 Å². The number of nitrogens with zero attached hydrogens (tertiary/aromatic N) is 1. The van der Waals surface area contributed by atoms with Crippen LogP contribution in [0.15, 0.2) is 95.1 Å². The maximum atomic E-state index is 13.3. The molecule has 7 heteroatoms. The molecule has 172 valence electrons. The van der Waals surface area contributed by atoms with Crippen molar-refractivity contribution >= 4 is 17.5 Å². The first-order chi connectivity index (χ1) is 17.0. The highest BCUT2D eigenvalue weighted by Crippen LogP contribution is 2.46. The minimum absolute atomic E-state index is 0.0704. The number of phenolic OH excluding ortho intramolecular Hbond substituents is 1. The molecule has 0 spiro atoms. The first-order valence-electron chi connectivity index (χ1n) is 11.2. The normalized spacial score (nSPS) is 16.1. The van der Waals surface area contributed by atoms with Gasteiger partial charge in [0.2, 0.25) is 5.88 Å². The molecule has 0 fully saturated rings. The largest absolute Gasteiger partial charge is 0.507 e. The molecule has 0 saturated heterocycles. The van der Waals surface area contributed by atoms with E-state index in [0.29, 0.717) is 17.2 Å². The molecule has 0 unspecified atom stereocenters. The Morgan fingerprint density at radius 2 is 1.66 bits per heavy atom. The third-order valence-corrected chi connectivity index (χ3v) is 6.21. The summed E-state index contributed by atoms with van der Waals surface area (Å²) in [4.78, 5) is 19.0. The second kappa shape index (κ2) is 7.92. The van der Waals surface area contributed by atoms with Gasteiger partial charge in [0.1, 0.15) is 17.8 Å². The maximum Gasteiger partial charge on any atom is 0.207 e. The second-order valence-electron chi connectivity index (χ2n) is 8.49. The number of amidine groups is 1. The van der Waals surface area contributed by atoms with E-state index in [-0.39, 0.29) is 28.5 Å². The Morgan fingerprint density at radius 3 is 2.37 bits per heavy atom. The van der Waals surface area contributed by atoms with Crippen molar-refractivity contribution in [2.24, 2.45) is 0 Å². The zero-order valence-electron chi connectivity index (χ0n) is 18.8. The molecule has 1 atom stereocenters. The molecule has 0 radical (unpaired) electrons. The number of anilines is 1. The molecular formula is C28H21N3O4. The van der Waals surface area contributed by atoms with Gasteiger partial charge in [-0.15, -0.1) is 0 Å². The van der Waals surface area contributed by atoms with Crippen molar-refractivity contribution in [2.75, 3.05) is 5.32 Å². The molecule has 4 aromatic rings. The number of phenols is 1. The monoisotopic (exact) mass is 463 g/mol. The molecule has 35 heavy (non-hydrogen) atoms. The van der Waals surface area contributed by atoms with Crippen LogP contribution in [0.3, 0.4) is 0 Å². The smallest absolute Gasteiger partial charge is 0.207 e. The van der Waals surface area contributed by atoms with Gasteiger partial charge in [-0.05, 0) is 24.6 Å². The minimum atomic E-state index is -0.777. The SMILES string of the molecule is Cc1ccc(O)c(C(=O)C2=CON3C(=N)c4c(oc(-c5ccccc5)c4-c4ccccc4)N[C@H]23)c1. The van der Waals surface area contributed by atoms with Crippen molar-refractivity contribution in [2.45, 2.75) is 13.1 Å². The van der Waals surface area contributed by atoms with Crippen LogP contribution in [0.25, 0.3) is 22.5 Å². The number of aromatic hydroxyl groups is 1. The molecule has 0 saturated carbocycles. The quantitative estimate of drug-likeness (QED) is 0.335. The highest BCUT2D eigenvalue weighted by Gasteiger charge is 2.44. The Hall–Kier alpha value is -4.78. The second-order valence-corrected chi connectivity index (χ2v) is 8.49. The lowest BCUT2D eigenvalue weighted by Gasteiger charge is -2.31. The summed E-state index contributed by atoms with van der Waals surface area (Å²) in [5, 5.41) is 23.9. The first kappa shape index (κ1) is 20.8. The molecule has 0 aliphatic carbocycles. The summed E-state index contributed by atoms with van der Waals surface area (Å²) in [6, 6.07) is 24.3. The van der Waals surface area contributed by atoms with E-state index in [9.17, 15) is 9.90 Å². The summed E-state index contributed by atoms with van der Waals surface area (Å²) in [7, 11) is 0. The van der Waals surface area contributed by atoms with Crippen LogP contribution in [0.5, 0.6) is 5.75 Å². The number of hydrogen-bond acceptors (Lipinski definition) is 6. The van der Waals surface area contributed by atoms with E-state index in [2.05, 4.69) is 5.32 Å². The molecule has 6 rings (SSSR count). The van der Waals surface area contributed by atoms with Crippen LogP contribution in [-0.4, -0.2) is 28.0 Å². The minimum Gasteiger partial charge on any atom is -0.507 e. The maximum absolute atomic E-state index is 13.3. The summed E-state index contributed by atoms with van der Waals surface area (Å²) >= 11 is 0. The molecule has 0 bridgehead atoms. The fraction of sp³-hybridized carbons (Fsp3) is 0.0714. The van der Waals surface area contributed by atoms with Gasteiger partial charge < -0.3 is 19.7 Å². The first-order valence-corrected chi connectivity index (χ1v) is 11.2. The van der Waals surface area contributed by atoms with E-state index in [1.165, 1.54) is 17.4 Å². The molecule has 7 nitrogen and oxygen atoms in total. The average molecular weight is 463 g/mol. The van der Waals surface area contributed by atoms with Gasteiger partial charge in [0.05, 0.1) is 16.7 Å². The van der Waals surface area contributed by atoms with Crippen LogP contribution in [-0.2, 0) is 4.84 Å². The number of carbonyl (C=O) groups excluding carboxylic acids is 1. The van der Waals surface area contributed by atoms with Gasteiger partial charge in [0.15, 0.2) is 17.8 Å². The number of benzene rings is 3. The van der Waals surface area contributed by atoms with Crippen LogP contribution >= 0.6 is 0 Å². The van der Waals surface area contributed by atoms with Gasteiger partial charge in [0, 0.05) is 11.1 Å². The fourth-order valence-corrected chi connectivity index (χ4v) is 4.51. The predicted octanol–water partition coefficient (Wildman–Crippen LogP) is 5.72. The molecule has 3 aromatic carbocycles. The Bertz CT molecular complexity index is 1510. The number of fused-ring (bicyclic) bond motifs is 2. The molecule has 3 heterocycles. The number of aryl methyl sites for hydroxylation is 1. The van der Waals surface area contributed by atoms with Crippen molar-refractivity contribution in [3.05, 3.63) is 107 Å². The Balaban J connectivity index is 1.45. The third-order valence-electron chi connectivity index (χ3n) is 6.21. The zero-order chi connectivity index (χ0) is 24.1. The number of Topliss-reactive ketones (excluding diaryl/α,β-unsaturated/α-hetero) is 1. The Labute approximate surface area is 201 Å². The van der Waals surface area contributed by atoms with Crippen LogP contribution < -0.4 is 5.32 Å². The number of ketones is 1. The van der Waals surface area contributed by atoms with Crippen LogP contribution in [0.1, 0.15) is 21.5 Å². The summed E-state index contributed by atoms with van der Waals surface area (Å²) in [5.74, 6) is 0.573. The fourth-order valence-electron chi connectivity index (χ4n) is 4.51. The number of furan rings is 1. The van der Waals surface area contributed by atoms with Gasteiger partial charge >= 0.3 is 0 Å². The van der Waals surface area contributed by atoms with Crippen molar-refractivity contribution in [1.82, 2.24) is 5.06 Å². The topological polar surface area (TPSA) is 98.8 Å². The van der Waals surface area contributed by atoms with Crippen LogP contribution in [0.4, 0.5) is 5.88 Å². The van der Waals surface area contributed by atoms with E-state index >= 15 is 0 Å². The van der Waals surface area contributed by atoms with E-state index in [0.717, 1.165) is 22.3 Å². The van der Waals surface area contributed by atoms with Crippen molar-refractivity contribution in [3.8, 4) is 28.2 Å². The molecule has 0 amide bonds. The molecule has 3 N–H and O–H groups in total. The van der Waals surface area contributed by atoms with Crippen LogP contribution in [0, 0.1) is 12.3 Å². The van der Waals surface area contributed by atoms with Gasteiger partial charge in [-0.1, -0.05) is 72.3 Å². The lowest BCUT2D eigenvalue weighted by Crippen LogP contribution is -2.46. The Morgan fingerprint density at radius 1 is 0.971 bits per heavy atom. The van der Waals surface area contributed by atoms with E-state index in [4.69, 9.17) is 14.7 Å². The van der Waals surface area contributed by atoms with Crippen molar-refractivity contribution < 1.29 is 19.2 Å². The highest BCUT2D eigenvalue weighted by atomic mass is 16.7. The summed E-state index contributed by atoms with van der Waals surface area (Å²) < 4.78 is 6.31. The van der Waals surface area contributed by atoms with Crippen molar-refractivity contribution in [3.63, 3.8) is 0 Å². The lowest BCUT2D eigenvalue weighted by atomic mass is 9.95. The third kappa shape index (κ3) is 3.28. The molecular weight excluding hydrogens is 442 g/mol. The van der Waals surface area contributed by atoms with E-state index in [1.54, 1.807) is 12.1 Å². The van der Waals surface area contributed by atoms with E-state index < -0.39 is 6.17 Å². The molecule has 2 aliphatic rings. The Kier molecular flexibility index (Phi) is 4.70. The number of hydrogen-bond donors (Lipinski definition) is 3. The lowest BCUT2D eigenvalue weighted by molar-refractivity contribution is -0.0268. The van der Waals surface area contributed by atoms with Gasteiger partial charge in [0.25, 0.3) is 0 Å². The number of hydroxylamine groups is 2. The molecule has 2 aliphatic heterocycles. The summed E-state index contributed by atoms with van der Waals surface area (Å²) in [6.07, 6.45) is 0.545. The number of nitrogens with one attached hydrogen (secondary N) is 2. The van der Waals surface area contributed by atoms with Gasteiger partial charge in [-0.25, -0.2) is 0 Å². The molecule has 1 aromatic heterocycles. The number of rotatable bonds is 4. The summed E-state index contributed by atoms with van der Waals surface area (Å²) in [5.41, 5.74) is 4.37. The van der Waals surface area contributed by atoms with E-state index in [1.807, 2.05) is 67.6 Å². The number of carbonyl (C=O) groups is 1. The van der Waals surface area contributed by atoms with Gasteiger partial charge in [-0.2, -0.15) is 5.06 Å². The van der Waals surface area contributed by atoms with Crippen molar-refractivity contribution in [1.29, 1.82) is 5.41 Å². The standard InChI is InChI=1S/C28H21N3O4/c1-16-12-13-21(32)19(14-16)24(33)20-15-34-31-26(29)23-22(17-8-4-2-5-9-17)25(18-10-6-3-7-11-18)35-28(23)30-27(20)31/h2-15,27,29-30,32H,1H3/t27-/m0/s1. The van der Waals surface area contributed by atoms with Crippen LogP contribution in [0.2, 0.25) is 0 Å². The zero-order valence-corrected chi connectivity index (χ0v) is 18.8. The predicted molar refractivity (Wildman–Crippen MR) is 132 cm³/mol.